The number of phenols is 2. The van der Waals surface area contributed by atoms with E-state index in [-0.39, 0.29) is 54.3 Å². The van der Waals surface area contributed by atoms with E-state index in [1.54, 1.807) is 0 Å². The molecule has 0 bridgehead atoms. The zero-order valence-corrected chi connectivity index (χ0v) is 26.8. The van der Waals surface area contributed by atoms with Gasteiger partial charge in [-0.15, -0.1) is 10.2 Å². The number of nitrogens with zero attached hydrogens (tertiary/aromatic N) is 6. The molecule has 0 unspecified atom stereocenters. The van der Waals surface area contributed by atoms with E-state index in [0.29, 0.717) is 0 Å². The van der Waals surface area contributed by atoms with Gasteiger partial charge in [-0.25, -0.2) is 8.42 Å². The second kappa shape index (κ2) is 12.4. The smallest absolute Gasteiger partial charge is 0.295 e. The molecule has 0 radical (unpaired) electrons. The SMILES string of the molecule is O=S(=O)(O)c1cc(N=Nc2ccc(S(=O)(=O)c3ccc(N=Nc4cc(S(=O)(=O)O)c5cccnc5c4O)cc3)cc2)c(O)c2ncccc12. The summed E-state index contributed by atoms with van der Waals surface area (Å²) in [5.74, 6) is -0.967. The van der Waals surface area contributed by atoms with Gasteiger partial charge < -0.3 is 10.2 Å². The zero-order chi connectivity index (χ0) is 35.1. The van der Waals surface area contributed by atoms with Crippen LogP contribution in [0.4, 0.5) is 22.7 Å². The van der Waals surface area contributed by atoms with Gasteiger partial charge in [-0.05, 0) is 84.9 Å². The van der Waals surface area contributed by atoms with Crippen LogP contribution >= 0.6 is 0 Å². The third-order valence-electron chi connectivity index (χ3n) is 7.01. The molecule has 248 valence electrons. The molecule has 2 heterocycles. The van der Waals surface area contributed by atoms with Crippen LogP contribution in [0.15, 0.2) is 137 Å². The Hall–Kier alpha value is -5.73. The van der Waals surface area contributed by atoms with Crippen molar-refractivity contribution in [1.82, 2.24) is 9.97 Å². The van der Waals surface area contributed by atoms with Crippen LogP contribution in [0.25, 0.3) is 21.8 Å². The highest BCUT2D eigenvalue weighted by Gasteiger charge is 2.22. The summed E-state index contributed by atoms with van der Waals surface area (Å²) in [5, 5.41) is 36.7. The monoisotopic (exact) mass is 720 g/mol. The molecular weight excluding hydrogens is 701 g/mol. The van der Waals surface area contributed by atoms with Gasteiger partial charge in [-0.3, -0.25) is 19.1 Å². The number of benzene rings is 4. The first-order chi connectivity index (χ1) is 23.1. The Balaban J connectivity index is 1.23. The lowest BCUT2D eigenvalue weighted by atomic mass is 10.2. The van der Waals surface area contributed by atoms with Crippen molar-refractivity contribution < 1.29 is 44.6 Å². The van der Waals surface area contributed by atoms with E-state index >= 15 is 0 Å². The predicted molar refractivity (Wildman–Crippen MR) is 173 cm³/mol. The first-order valence-electron chi connectivity index (χ1n) is 13.6. The lowest BCUT2D eigenvalue weighted by Crippen LogP contribution is -2.01. The summed E-state index contributed by atoms with van der Waals surface area (Å²) in [6.45, 7) is 0. The number of hydrogen-bond donors (Lipinski definition) is 4. The summed E-state index contributed by atoms with van der Waals surface area (Å²) in [6.07, 6.45) is 2.63. The van der Waals surface area contributed by atoms with Crippen LogP contribution in [0.1, 0.15) is 0 Å². The lowest BCUT2D eigenvalue weighted by molar-refractivity contribution is 0.476. The Morgan fingerprint density at radius 1 is 0.510 bits per heavy atom. The highest BCUT2D eigenvalue weighted by Crippen LogP contribution is 2.40. The normalized spacial score (nSPS) is 12.8. The first kappa shape index (κ1) is 33.2. The van der Waals surface area contributed by atoms with Gasteiger partial charge in [0, 0.05) is 23.2 Å². The minimum Gasteiger partial charge on any atom is -0.504 e. The Kier molecular flexibility index (Phi) is 8.38. The minimum atomic E-state index is -4.71. The van der Waals surface area contributed by atoms with Crippen molar-refractivity contribution in [2.24, 2.45) is 20.5 Å². The number of hydrogen-bond acceptors (Lipinski definition) is 14. The quantitative estimate of drug-likeness (QED) is 0.0990. The number of azo groups is 2. The molecule has 4 N–H and O–H groups in total. The maximum atomic E-state index is 13.3. The third kappa shape index (κ3) is 6.55. The molecule has 0 atom stereocenters. The fourth-order valence-electron chi connectivity index (χ4n) is 4.69. The molecule has 0 amide bonds. The summed E-state index contributed by atoms with van der Waals surface area (Å²) < 4.78 is 93.4. The Bertz CT molecular complexity index is 2500. The number of pyridine rings is 2. The van der Waals surface area contributed by atoms with Crippen LogP contribution in [0.3, 0.4) is 0 Å². The molecule has 6 rings (SSSR count). The van der Waals surface area contributed by atoms with E-state index < -0.39 is 51.4 Å². The van der Waals surface area contributed by atoms with Crippen LogP contribution in [0, 0.1) is 0 Å². The lowest BCUT2D eigenvalue weighted by Gasteiger charge is -2.08. The van der Waals surface area contributed by atoms with E-state index in [0.717, 1.165) is 12.1 Å². The average Bonchev–Trinajstić information content (AvgIpc) is 3.07. The average molecular weight is 721 g/mol. The van der Waals surface area contributed by atoms with Gasteiger partial charge in [0.05, 0.1) is 21.2 Å². The molecule has 0 aliphatic rings. The van der Waals surface area contributed by atoms with E-state index in [2.05, 4.69) is 30.4 Å². The van der Waals surface area contributed by atoms with E-state index in [1.807, 2.05) is 0 Å². The summed E-state index contributed by atoms with van der Waals surface area (Å²) in [6, 6.07) is 17.7. The molecule has 0 saturated carbocycles. The molecule has 49 heavy (non-hydrogen) atoms. The van der Waals surface area contributed by atoms with Crippen molar-refractivity contribution in [3.05, 3.63) is 97.3 Å². The summed E-state index contributed by atoms with van der Waals surface area (Å²) >= 11 is 0. The number of fused-ring (bicyclic) bond motifs is 2. The van der Waals surface area contributed by atoms with Crippen LogP contribution in [-0.4, -0.2) is 54.5 Å². The standard InChI is InChI=1S/C30H20N6O10S3/c37-29-23(15-25(48(41,42)43)21-3-1-13-31-27(21)29)35-33-17-5-9-19(10-6-17)47(39,40)20-11-7-18(8-12-20)34-36-24-16-26(49(44,45)46)22-4-2-14-32-28(22)30(24)38/h1-16,37-38H,(H,41,42,43)(H,44,45,46). The molecular formula is C30H20N6O10S3. The van der Waals surface area contributed by atoms with Gasteiger partial charge in [0.1, 0.15) is 32.2 Å². The van der Waals surface area contributed by atoms with Gasteiger partial charge in [0.15, 0.2) is 11.5 Å². The van der Waals surface area contributed by atoms with Crippen molar-refractivity contribution in [3.63, 3.8) is 0 Å². The van der Waals surface area contributed by atoms with Crippen molar-refractivity contribution in [2.45, 2.75) is 19.6 Å². The molecule has 0 aliphatic heterocycles. The minimum absolute atomic E-state index is 0.0249. The van der Waals surface area contributed by atoms with Crippen LogP contribution in [0.2, 0.25) is 0 Å². The molecule has 16 nitrogen and oxygen atoms in total. The van der Waals surface area contributed by atoms with Crippen molar-refractivity contribution >= 4 is 74.6 Å². The van der Waals surface area contributed by atoms with E-state index in [9.17, 15) is 44.6 Å². The Labute approximate surface area is 277 Å². The molecule has 0 aliphatic carbocycles. The number of aromatic nitrogens is 2. The van der Waals surface area contributed by atoms with Crippen LogP contribution in [-0.2, 0) is 30.1 Å². The van der Waals surface area contributed by atoms with E-state index in [1.165, 1.54) is 85.2 Å². The molecule has 19 heteroatoms. The molecule has 2 aromatic heterocycles. The number of phenolic OH excluding ortho intramolecular Hbond substituents is 2. The second-order valence-electron chi connectivity index (χ2n) is 10.1. The largest absolute Gasteiger partial charge is 0.504 e. The number of sulfone groups is 1. The fraction of sp³-hybridized carbons (Fsp3) is 0. The Morgan fingerprint density at radius 2 is 0.878 bits per heavy atom. The van der Waals surface area contributed by atoms with Crippen LogP contribution in [0.5, 0.6) is 11.5 Å². The highest BCUT2D eigenvalue weighted by atomic mass is 32.2. The summed E-state index contributed by atoms with van der Waals surface area (Å²) in [7, 11) is -13.5. The highest BCUT2D eigenvalue weighted by molar-refractivity contribution is 7.91. The fourth-order valence-corrected chi connectivity index (χ4v) is 7.36. The molecule has 0 saturated heterocycles. The second-order valence-corrected chi connectivity index (χ2v) is 14.9. The first-order valence-corrected chi connectivity index (χ1v) is 18.0. The van der Waals surface area contributed by atoms with Crippen molar-refractivity contribution in [1.29, 1.82) is 0 Å². The summed E-state index contributed by atoms with van der Waals surface area (Å²) in [4.78, 5) is 6.60. The van der Waals surface area contributed by atoms with Gasteiger partial charge in [0.25, 0.3) is 20.2 Å². The van der Waals surface area contributed by atoms with E-state index in [4.69, 9.17) is 0 Å². The molecule has 6 aromatic rings. The number of aromatic hydroxyl groups is 2. The van der Waals surface area contributed by atoms with Gasteiger partial charge >= 0.3 is 0 Å². The van der Waals surface area contributed by atoms with Crippen molar-refractivity contribution in [2.75, 3.05) is 0 Å². The van der Waals surface area contributed by atoms with Gasteiger partial charge in [-0.1, -0.05) is 0 Å². The Morgan fingerprint density at radius 3 is 1.22 bits per heavy atom. The predicted octanol–water partition coefficient (Wildman–Crippen LogP) is 6.35. The zero-order valence-electron chi connectivity index (χ0n) is 24.4. The topological polar surface area (TPSA) is 259 Å². The molecule has 4 aromatic carbocycles. The third-order valence-corrected chi connectivity index (χ3v) is 10.6. The maximum absolute atomic E-state index is 13.3. The van der Waals surface area contributed by atoms with Crippen LogP contribution < -0.4 is 0 Å². The summed E-state index contributed by atoms with van der Waals surface area (Å²) in [5.41, 5.74) is -0.578. The van der Waals surface area contributed by atoms with Gasteiger partial charge in [0.2, 0.25) is 9.84 Å². The molecule has 0 fully saturated rings. The number of rotatable bonds is 8. The maximum Gasteiger partial charge on any atom is 0.295 e. The van der Waals surface area contributed by atoms with Gasteiger partial charge in [-0.2, -0.15) is 27.1 Å². The molecule has 0 spiro atoms. The van der Waals surface area contributed by atoms with Crippen molar-refractivity contribution in [3.8, 4) is 11.5 Å².